The van der Waals surface area contributed by atoms with E-state index in [1.165, 1.54) is 18.0 Å². The van der Waals surface area contributed by atoms with Crippen molar-refractivity contribution in [2.24, 2.45) is 0 Å². The molecule has 1 atom stereocenters. The Hall–Kier alpha value is -2.49. The summed E-state index contributed by atoms with van der Waals surface area (Å²) in [4.78, 5) is 10.9. The molecule has 3 aromatic rings. The molecule has 1 saturated heterocycles. The Labute approximate surface area is 134 Å². The van der Waals surface area contributed by atoms with Crippen molar-refractivity contribution < 1.29 is 4.39 Å². The van der Waals surface area contributed by atoms with Crippen LogP contribution in [-0.4, -0.2) is 22.6 Å². The van der Waals surface area contributed by atoms with Gasteiger partial charge in [-0.25, -0.2) is 14.4 Å². The second kappa shape index (κ2) is 5.95. The monoisotopic (exact) mass is 307 g/mol. The smallest absolute Gasteiger partial charge is 0.149 e. The van der Waals surface area contributed by atoms with Gasteiger partial charge in [-0.15, -0.1) is 0 Å². The van der Waals surface area contributed by atoms with Crippen molar-refractivity contribution >= 4 is 16.7 Å². The van der Waals surface area contributed by atoms with Crippen molar-refractivity contribution in [3.05, 3.63) is 66.2 Å². The SMILES string of the molecule is Fc1cccc2c(N3CCCC3Cc3ccccc3)ncnc12. The van der Waals surface area contributed by atoms with Crippen LogP contribution in [0.2, 0.25) is 0 Å². The average Bonchev–Trinajstić information content (AvgIpc) is 3.04. The van der Waals surface area contributed by atoms with Crippen LogP contribution in [-0.2, 0) is 6.42 Å². The number of hydrogen-bond acceptors (Lipinski definition) is 3. The highest BCUT2D eigenvalue weighted by atomic mass is 19.1. The summed E-state index contributed by atoms with van der Waals surface area (Å²) in [6, 6.07) is 16.0. The number of fused-ring (bicyclic) bond motifs is 1. The first-order valence-corrected chi connectivity index (χ1v) is 8.03. The highest BCUT2D eigenvalue weighted by Crippen LogP contribution is 2.31. The Bertz CT molecular complexity index is 819. The fraction of sp³-hybridized carbons (Fsp3) is 0.263. The first-order chi connectivity index (χ1) is 11.3. The number of halogens is 1. The van der Waals surface area contributed by atoms with Crippen molar-refractivity contribution in [1.29, 1.82) is 0 Å². The van der Waals surface area contributed by atoms with E-state index < -0.39 is 0 Å². The van der Waals surface area contributed by atoms with Crippen LogP contribution in [0, 0.1) is 5.82 Å². The lowest BCUT2D eigenvalue weighted by atomic mass is 10.0. The molecule has 23 heavy (non-hydrogen) atoms. The van der Waals surface area contributed by atoms with E-state index in [9.17, 15) is 4.39 Å². The summed E-state index contributed by atoms with van der Waals surface area (Å²) in [5, 5.41) is 0.799. The lowest BCUT2D eigenvalue weighted by molar-refractivity contribution is 0.635. The second-order valence-electron chi connectivity index (χ2n) is 6.01. The van der Waals surface area contributed by atoms with Crippen LogP contribution >= 0.6 is 0 Å². The van der Waals surface area contributed by atoms with Gasteiger partial charge >= 0.3 is 0 Å². The van der Waals surface area contributed by atoms with Gasteiger partial charge < -0.3 is 4.90 Å². The summed E-state index contributed by atoms with van der Waals surface area (Å²) in [6.45, 7) is 0.958. The van der Waals surface area contributed by atoms with Crippen LogP contribution in [0.25, 0.3) is 10.9 Å². The molecule has 4 rings (SSSR count). The van der Waals surface area contributed by atoms with Gasteiger partial charge in [-0.3, -0.25) is 0 Å². The van der Waals surface area contributed by atoms with Crippen molar-refractivity contribution in [3.63, 3.8) is 0 Å². The van der Waals surface area contributed by atoms with Crippen LogP contribution in [0.5, 0.6) is 0 Å². The molecule has 0 aliphatic carbocycles. The van der Waals surface area contributed by atoms with Gasteiger partial charge in [0.25, 0.3) is 0 Å². The summed E-state index contributed by atoms with van der Waals surface area (Å²) < 4.78 is 14.0. The Morgan fingerprint density at radius 1 is 1.04 bits per heavy atom. The molecule has 116 valence electrons. The molecule has 0 saturated carbocycles. The summed E-state index contributed by atoms with van der Waals surface area (Å²) >= 11 is 0. The number of para-hydroxylation sites is 1. The third kappa shape index (κ3) is 2.65. The average molecular weight is 307 g/mol. The molecule has 0 amide bonds. The van der Waals surface area contributed by atoms with Gasteiger partial charge in [-0.2, -0.15) is 0 Å². The largest absolute Gasteiger partial charge is 0.353 e. The van der Waals surface area contributed by atoms with Crippen LogP contribution in [0.4, 0.5) is 10.2 Å². The van der Waals surface area contributed by atoms with E-state index in [4.69, 9.17) is 0 Å². The molecule has 0 bridgehead atoms. The number of benzene rings is 2. The van der Waals surface area contributed by atoms with Crippen molar-refractivity contribution in [3.8, 4) is 0 Å². The molecule has 0 N–H and O–H groups in total. The van der Waals surface area contributed by atoms with E-state index in [0.29, 0.717) is 11.6 Å². The summed E-state index contributed by atoms with van der Waals surface area (Å²) in [7, 11) is 0. The zero-order valence-corrected chi connectivity index (χ0v) is 12.8. The number of anilines is 1. The van der Waals surface area contributed by atoms with Gasteiger partial charge in [0, 0.05) is 18.0 Å². The van der Waals surface area contributed by atoms with E-state index >= 15 is 0 Å². The fourth-order valence-corrected chi connectivity index (χ4v) is 3.48. The van der Waals surface area contributed by atoms with Crippen LogP contribution in [0.1, 0.15) is 18.4 Å². The summed E-state index contributed by atoms with van der Waals surface area (Å²) in [5.41, 5.74) is 1.73. The van der Waals surface area contributed by atoms with Crippen molar-refractivity contribution in [1.82, 2.24) is 9.97 Å². The third-order valence-electron chi connectivity index (χ3n) is 4.56. The minimum atomic E-state index is -0.287. The maximum Gasteiger partial charge on any atom is 0.149 e. The number of nitrogens with zero attached hydrogens (tertiary/aromatic N) is 3. The maximum atomic E-state index is 14.0. The molecular formula is C19H18FN3. The molecule has 1 aromatic heterocycles. The van der Waals surface area contributed by atoms with Gasteiger partial charge in [0.1, 0.15) is 23.5 Å². The van der Waals surface area contributed by atoms with Gasteiger partial charge in [-0.1, -0.05) is 36.4 Å². The third-order valence-corrected chi connectivity index (χ3v) is 4.56. The molecule has 3 nitrogen and oxygen atoms in total. The molecule has 0 spiro atoms. The standard InChI is InChI=1S/C19H18FN3/c20-17-10-4-9-16-18(17)21-13-22-19(16)23-11-5-8-15(23)12-14-6-2-1-3-7-14/h1-4,6-7,9-10,13,15H,5,8,11-12H2. The predicted molar refractivity (Wildman–Crippen MR) is 90.0 cm³/mol. The summed E-state index contributed by atoms with van der Waals surface area (Å²) in [6.07, 6.45) is 4.73. The zero-order valence-electron chi connectivity index (χ0n) is 12.8. The second-order valence-corrected chi connectivity index (χ2v) is 6.01. The van der Waals surface area contributed by atoms with Crippen molar-refractivity contribution in [2.75, 3.05) is 11.4 Å². The molecule has 0 radical (unpaired) electrons. The lowest BCUT2D eigenvalue weighted by Crippen LogP contribution is -2.32. The van der Waals surface area contributed by atoms with Gasteiger partial charge in [0.2, 0.25) is 0 Å². The number of hydrogen-bond donors (Lipinski definition) is 0. The molecule has 2 heterocycles. The first-order valence-electron chi connectivity index (χ1n) is 8.03. The quantitative estimate of drug-likeness (QED) is 0.733. The van der Waals surface area contributed by atoms with Crippen LogP contribution in [0.3, 0.4) is 0 Å². The fourth-order valence-electron chi connectivity index (χ4n) is 3.48. The van der Waals surface area contributed by atoms with E-state index in [0.717, 1.165) is 37.0 Å². The van der Waals surface area contributed by atoms with Crippen LogP contribution in [0.15, 0.2) is 54.9 Å². The van der Waals surface area contributed by atoms with Gasteiger partial charge in [-0.05, 0) is 37.0 Å². The molecular weight excluding hydrogens is 289 g/mol. The predicted octanol–water partition coefficient (Wildman–Crippen LogP) is 3.98. The minimum Gasteiger partial charge on any atom is -0.353 e. The number of aromatic nitrogens is 2. The van der Waals surface area contributed by atoms with E-state index in [-0.39, 0.29) is 5.82 Å². The molecule has 4 heteroatoms. The normalized spacial score (nSPS) is 17.8. The highest BCUT2D eigenvalue weighted by Gasteiger charge is 2.27. The minimum absolute atomic E-state index is 0.287. The highest BCUT2D eigenvalue weighted by molar-refractivity contribution is 5.89. The van der Waals surface area contributed by atoms with Crippen molar-refractivity contribution in [2.45, 2.75) is 25.3 Å². The van der Waals surface area contributed by atoms with E-state index in [1.54, 1.807) is 6.07 Å². The first kappa shape index (κ1) is 14.1. The van der Waals surface area contributed by atoms with E-state index in [1.807, 2.05) is 12.1 Å². The lowest BCUT2D eigenvalue weighted by Gasteiger charge is -2.26. The Balaban J connectivity index is 1.70. The Morgan fingerprint density at radius 2 is 1.91 bits per heavy atom. The summed E-state index contributed by atoms with van der Waals surface area (Å²) in [5.74, 6) is 0.567. The Morgan fingerprint density at radius 3 is 2.78 bits per heavy atom. The maximum absolute atomic E-state index is 14.0. The van der Waals surface area contributed by atoms with Gasteiger partial charge in [0.05, 0.1) is 0 Å². The number of rotatable bonds is 3. The zero-order chi connectivity index (χ0) is 15.6. The molecule has 1 aliphatic rings. The molecule has 1 unspecified atom stereocenters. The molecule has 1 fully saturated rings. The van der Waals surface area contributed by atoms with Crippen LogP contribution < -0.4 is 4.90 Å². The molecule has 1 aliphatic heterocycles. The molecule has 2 aromatic carbocycles. The Kier molecular flexibility index (Phi) is 3.66. The van der Waals surface area contributed by atoms with E-state index in [2.05, 4.69) is 39.1 Å². The van der Waals surface area contributed by atoms with Gasteiger partial charge in [0.15, 0.2) is 0 Å². The topological polar surface area (TPSA) is 29.0 Å².